The Kier molecular flexibility index (Phi) is 3.60. The lowest BCUT2D eigenvalue weighted by Gasteiger charge is -2.07. The van der Waals surface area contributed by atoms with Gasteiger partial charge in [-0.3, -0.25) is 9.48 Å². The van der Waals surface area contributed by atoms with E-state index in [1.165, 1.54) is 12.3 Å². The highest BCUT2D eigenvalue weighted by Crippen LogP contribution is 2.13. The Bertz CT molecular complexity index is 592. The topological polar surface area (TPSA) is 125 Å². The van der Waals surface area contributed by atoms with Crippen LogP contribution in [0.5, 0.6) is 0 Å². The minimum atomic E-state index is -0.575. The summed E-state index contributed by atoms with van der Waals surface area (Å²) in [5.74, 6) is 0.703. The van der Waals surface area contributed by atoms with Crippen molar-refractivity contribution in [2.45, 2.75) is 6.42 Å². The number of hydrogen-bond donors (Lipinski definition) is 3. The number of hydrogen-bond acceptors (Lipinski definition) is 6. The predicted molar refractivity (Wildman–Crippen MR) is 70.4 cm³/mol. The zero-order valence-electron chi connectivity index (χ0n) is 10.5. The fourth-order valence-electron chi connectivity index (χ4n) is 1.58. The largest absolute Gasteiger partial charge is 0.397 e. The number of pyridine rings is 1. The molecule has 100 valence electrons. The molecule has 0 spiro atoms. The summed E-state index contributed by atoms with van der Waals surface area (Å²) in [6.45, 7) is 0.596. The molecule has 8 nitrogen and oxygen atoms in total. The molecule has 0 aliphatic heterocycles. The zero-order chi connectivity index (χ0) is 13.8. The number of nitrogens with zero attached hydrogens (tertiary/aromatic N) is 4. The normalized spacial score (nSPS) is 10.4. The SMILES string of the molecule is Cn1cnc(CCNc2cc(C(N)=O)c(N)cn2)n1. The first-order chi connectivity index (χ1) is 9.06. The Balaban J connectivity index is 1.96. The van der Waals surface area contributed by atoms with Crippen molar-refractivity contribution >= 4 is 17.4 Å². The minimum absolute atomic E-state index is 0.258. The molecule has 5 N–H and O–H groups in total. The third-order valence-corrected chi connectivity index (χ3v) is 2.50. The molecule has 0 fully saturated rings. The molecule has 0 aromatic carbocycles. The molecule has 2 aromatic heterocycles. The average Bonchev–Trinajstić information content (AvgIpc) is 2.77. The molecule has 0 aliphatic carbocycles. The number of amides is 1. The first-order valence-electron chi connectivity index (χ1n) is 5.70. The van der Waals surface area contributed by atoms with Crippen molar-refractivity contribution in [1.29, 1.82) is 0 Å². The van der Waals surface area contributed by atoms with Crippen molar-refractivity contribution in [1.82, 2.24) is 19.7 Å². The Hall–Kier alpha value is -2.64. The number of nitrogens with two attached hydrogens (primary N) is 2. The van der Waals surface area contributed by atoms with Crippen LogP contribution in [-0.2, 0) is 13.5 Å². The molecular weight excluding hydrogens is 246 g/mol. The predicted octanol–water partition coefficient (Wildman–Crippen LogP) is -0.454. The molecule has 0 radical (unpaired) electrons. The van der Waals surface area contributed by atoms with Crippen LogP contribution in [-0.4, -0.2) is 32.2 Å². The van der Waals surface area contributed by atoms with Gasteiger partial charge in [-0.15, -0.1) is 0 Å². The second kappa shape index (κ2) is 5.34. The maximum absolute atomic E-state index is 11.1. The molecular formula is C11H15N7O. The van der Waals surface area contributed by atoms with Crippen molar-refractivity contribution in [3.05, 3.63) is 30.0 Å². The lowest BCUT2D eigenvalue weighted by atomic mass is 10.2. The van der Waals surface area contributed by atoms with E-state index in [1.807, 2.05) is 7.05 Å². The third kappa shape index (κ3) is 3.18. The lowest BCUT2D eigenvalue weighted by Crippen LogP contribution is -2.15. The number of rotatable bonds is 5. The molecule has 1 amide bonds. The molecule has 0 atom stereocenters. The van der Waals surface area contributed by atoms with Crippen molar-refractivity contribution < 1.29 is 4.79 Å². The molecule has 0 saturated carbocycles. The van der Waals surface area contributed by atoms with Gasteiger partial charge in [0, 0.05) is 20.0 Å². The molecule has 19 heavy (non-hydrogen) atoms. The molecule has 0 unspecified atom stereocenters. The standard InChI is InChI=1S/C11H15N7O/c1-18-6-16-9(17-18)2-3-14-10-4-7(11(13)19)8(12)5-15-10/h4-6H,2-3,12H2,1H3,(H2,13,19)(H,14,15). The summed E-state index contributed by atoms with van der Waals surface area (Å²) in [6, 6.07) is 1.53. The smallest absolute Gasteiger partial charge is 0.250 e. The van der Waals surface area contributed by atoms with Crippen LogP contribution in [0.3, 0.4) is 0 Å². The minimum Gasteiger partial charge on any atom is -0.397 e. The van der Waals surface area contributed by atoms with Gasteiger partial charge in [-0.1, -0.05) is 0 Å². The van der Waals surface area contributed by atoms with E-state index in [2.05, 4.69) is 20.4 Å². The molecule has 2 aromatic rings. The van der Waals surface area contributed by atoms with Gasteiger partial charge in [-0.05, 0) is 6.07 Å². The lowest BCUT2D eigenvalue weighted by molar-refractivity contribution is 0.100. The van der Waals surface area contributed by atoms with E-state index in [1.54, 1.807) is 11.0 Å². The number of aryl methyl sites for hydroxylation is 1. The van der Waals surface area contributed by atoms with E-state index in [0.717, 1.165) is 5.82 Å². The van der Waals surface area contributed by atoms with Gasteiger partial charge in [-0.2, -0.15) is 5.10 Å². The van der Waals surface area contributed by atoms with Crippen LogP contribution in [0.1, 0.15) is 16.2 Å². The number of aromatic nitrogens is 4. The fourth-order valence-corrected chi connectivity index (χ4v) is 1.58. The van der Waals surface area contributed by atoms with Crippen LogP contribution in [0, 0.1) is 0 Å². The van der Waals surface area contributed by atoms with Gasteiger partial charge in [0.05, 0.1) is 17.4 Å². The van der Waals surface area contributed by atoms with Crippen molar-refractivity contribution in [2.75, 3.05) is 17.6 Å². The first-order valence-corrected chi connectivity index (χ1v) is 5.70. The van der Waals surface area contributed by atoms with E-state index in [-0.39, 0.29) is 11.3 Å². The van der Waals surface area contributed by atoms with Gasteiger partial charge >= 0.3 is 0 Å². The van der Waals surface area contributed by atoms with Crippen LogP contribution in [0.2, 0.25) is 0 Å². The maximum Gasteiger partial charge on any atom is 0.250 e. The van der Waals surface area contributed by atoms with E-state index < -0.39 is 5.91 Å². The quantitative estimate of drug-likeness (QED) is 0.669. The summed E-state index contributed by atoms with van der Waals surface area (Å²) >= 11 is 0. The highest BCUT2D eigenvalue weighted by Gasteiger charge is 2.07. The number of primary amides is 1. The first kappa shape index (κ1) is 12.8. The van der Waals surface area contributed by atoms with E-state index >= 15 is 0 Å². The fraction of sp³-hybridized carbons (Fsp3) is 0.273. The molecule has 0 aliphatic rings. The van der Waals surface area contributed by atoms with E-state index in [9.17, 15) is 4.79 Å². The molecule has 0 saturated heterocycles. The van der Waals surface area contributed by atoms with Crippen molar-refractivity contribution in [2.24, 2.45) is 12.8 Å². The molecule has 8 heteroatoms. The van der Waals surface area contributed by atoms with Gasteiger partial charge in [0.15, 0.2) is 5.82 Å². The number of anilines is 2. The van der Waals surface area contributed by atoms with Crippen LogP contribution in [0.15, 0.2) is 18.6 Å². The Morgan fingerprint density at radius 1 is 1.47 bits per heavy atom. The molecule has 0 bridgehead atoms. The van der Waals surface area contributed by atoms with Crippen LogP contribution < -0.4 is 16.8 Å². The summed E-state index contributed by atoms with van der Waals surface area (Å²) < 4.78 is 1.64. The molecule has 2 heterocycles. The Morgan fingerprint density at radius 2 is 2.26 bits per heavy atom. The van der Waals surface area contributed by atoms with Gasteiger partial charge < -0.3 is 16.8 Å². The highest BCUT2D eigenvalue weighted by atomic mass is 16.1. The van der Waals surface area contributed by atoms with Gasteiger partial charge in [0.2, 0.25) is 0 Å². The van der Waals surface area contributed by atoms with Crippen molar-refractivity contribution in [3.8, 4) is 0 Å². The summed E-state index contributed by atoms with van der Waals surface area (Å²) in [6.07, 6.45) is 3.70. The highest BCUT2D eigenvalue weighted by molar-refractivity contribution is 5.98. The monoisotopic (exact) mass is 261 g/mol. The van der Waals surface area contributed by atoms with Crippen LogP contribution >= 0.6 is 0 Å². The van der Waals surface area contributed by atoms with Crippen molar-refractivity contribution in [3.63, 3.8) is 0 Å². The second-order valence-electron chi connectivity index (χ2n) is 4.03. The zero-order valence-corrected chi connectivity index (χ0v) is 10.5. The number of carbonyl (C=O) groups excluding carboxylic acids is 1. The number of nitrogen functional groups attached to an aromatic ring is 1. The molecule has 2 rings (SSSR count). The van der Waals surface area contributed by atoms with Gasteiger partial charge in [-0.25, -0.2) is 9.97 Å². The number of nitrogens with one attached hydrogen (secondary N) is 1. The van der Waals surface area contributed by atoms with Gasteiger partial charge in [0.25, 0.3) is 5.91 Å². The third-order valence-electron chi connectivity index (χ3n) is 2.50. The summed E-state index contributed by atoms with van der Waals surface area (Å²) in [5, 5.41) is 7.21. The van der Waals surface area contributed by atoms with Gasteiger partial charge in [0.1, 0.15) is 12.1 Å². The van der Waals surface area contributed by atoms with Crippen LogP contribution in [0.25, 0.3) is 0 Å². The summed E-state index contributed by atoms with van der Waals surface area (Å²) in [7, 11) is 1.81. The average molecular weight is 261 g/mol. The summed E-state index contributed by atoms with van der Waals surface area (Å²) in [5.41, 5.74) is 11.3. The Morgan fingerprint density at radius 3 is 2.89 bits per heavy atom. The second-order valence-corrected chi connectivity index (χ2v) is 4.03. The Labute approximate surface area is 109 Å². The number of carbonyl (C=O) groups is 1. The van der Waals surface area contributed by atoms with E-state index in [4.69, 9.17) is 11.5 Å². The van der Waals surface area contributed by atoms with E-state index in [0.29, 0.717) is 18.8 Å². The summed E-state index contributed by atoms with van der Waals surface area (Å²) in [4.78, 5) is 19.3. The maximum atomic E-state index is 11.1. The van der Waals surface area contributed by atoms with Crippen LogP contribution in [0.4, 0.5) is 11.5 Å².